The smallest absolute Gasteiger partial charge is 0.191 e. The fourth-order valence-corrected chi connectivity index (χ4v) is 4.10. The van der Waals surface area contributed by atoms with Crippen LogP contribution in [0, 0.1) is 0 Å². The van der Waals surface area contributed by atoms with E-state index in [9.17, 15) is 8.42 Å². The van der Waals surface area contributed by atoms with Crippen LogP contribution in [0.4, 0.5) is 0 Å². The van der Waals surface area contributed by atoms with E-state index in [1.807, 2.05) is 18.2 Å². The molecule has 1 heterocycles. The molecule has 24 heavy (non-hydrogen) atoms. The van der Waals surface area contributed by atoms with Crippen molar-refractivity contribution in [1.82, 2.24) is 10.6 Å². The molecule has 6 nitrogen and oxygen atoms in total. The molecule has 2 rings (SSSR count). The number of sulfone groups is 1. The lowest BCUT2D eigenvalue weighted by Gasteiger charge is -2.35. The van der Waals surface area contributed by atoms with Gasteiger partial charge in [0, 0.05) is 39.6 Å². The molecule has 0 aliphatic carbocycles. The third-order valence-electron chi connectivity index (χ3n) is 4.54. The summed E-state index contributed by atoms with van der Waals surface area (Å²) in [5.41, 5.74) is 1.25. The summed E-state index contributed by atoms with van der Waals surface area (Å²) in [7, 11) is -1.49. The standard InChI is InChI=1S/C17H27N3O3S/c1-18-16(19-11-8-15-6-4-3-5-7-15)20-14-17(24(2,21)22)9-12-23-13-10-17/h3-7H,8-14H2,1-2H3,(H2,18,19,20). The van der Waals surface area contributed by atoms with Crippen molar-refractivity contribution in [2.45, 2.75) is 24.0 Å². The van der Waals surface area contributed by atoms with Crippen molar-refractivity contribution < 1.29 is 13.2 Å². The van der Waals surface area contributed by atoms with Gasteiger partial charge in [0.2, 0.25) is 0 Å². The summed E-state index contributed by atoms with van der Waals surface area (Å²) < 4.78 is 29.1. The molecular weight excluding hydrogens is 326 g/mol. The maximum atomic E-state index is 12.3. The van der Waals surface area contributed by atoms with Gasteiger partial charge in [-0.1, -0.05) is 30.3 Å². The number of aliphatic imine (C=N–C) groups is 1. The monoisotopic (exact) mass is 353 g/mol. The van der Waals surface area contributed by atoms with Crippen LogP contribution in [0.5, 0.6) is 0 Å². The highest BCUT2D eigenvalue weighted by Crippen LogP contribution is 2.28. The first-order valence-electron chi connectivity index (χ1n) is 8.23. The Bertz CT molecular complexity index is 638. The van der Waals surface area contributed by atoms with Gasteiger partial charge in [0.1, 0.15) is 0 Å². The van der Waals surface area contributed by atoms with Crippen molar-refractivity contribution in [3.05, 3.63) is 35.9 Å². The third-order valence-corrected chi connectivity index (χ3v) is 6.67. The summed E-state index contributed by atoms with van der Waals surface area (Å²) in [6.45, 7) is 2.04. The van der Waals surface area contributed by atoms with Gasteiger partial charge in [-0.2, -0.15) is 0 Å². The van der Waals surface area contributed by atoms with Gasteiger partial charge in [0.05, 0.1) is 4.75 Å². The molecule has 1 aliphatic rings. The zero-order chi connectivity index (χ0) is 17.5. The molecule has 0 bridgehead atoms. The van der Waals surface area contributed by atoms with Crippen LogP contribution in [0.25, 0.3) is 0 Å². The Morgan fingerprint density at radius 3 is 2.46 bits per heavy atom. The Kier molecular flexibility index (Phi) is 6.62. The molecule has 7 heteroatoms. The molecule has 0 saturated carbocycles. The lowest BCUT2D eigenvalue weighted by atomic mass is 9.99. The minimum Gasteiger partial charge on any atom is -0.381 e. The summed E-state index contributed by atoms with van der Waals surface area (Å²) in [5.74, 6) is 0.625. The highest BCUT2D eigenvalue weighted by Gasteiger charge is 2.42. The van der Waals surface area contributed by atoms with E-state index in [4.69, 9.17) is 4.74 Å². The van der Waals surface area contributed by atoms with Crippen molar-refractivity contribution in [2.24, 2.45) is 4.99 Å². The first-order chi connectivity index (χ1) is 11.5. The number of nitrogens with one attached hydrogen (secondary N) is 2. The zero-order valence-electron chi connectivity index (χ0n) is 14.4. The number of benzene rings is 1. The Morgan fingerprint density at radius 2 is 1.88 bits per heavy atom. The summed E-state index contributed by atoms with van der Waals surface area (Å²) in [5, 5.41) is 6.42. The van der Waals surface area contributed by atoms with E-state index in [0.717, 1.165) is 13.0 Å². The normalized spacial score (nSPS) is 18.2. The Balaban J connectivity index is 1.88. The topological polar surface area (TPSA) is 79.8 Å². The van der Waals surface area contributed by atoms with Gasteiger partial charge in [-0.15, -0.1) is 0 Å². The molecule has 134 valence electrons. The van der Waals surface area contributed by atoms with Crippen molar-refractivity contribution >= 4 is 15.8 Å². The Morgan fingerprint density at radius 1 is 1.21 bits per heavy atom. The molecule has 1 aromatic carbocycles. The Labute approximate surface area is 144 Å². The molecule has 1 aliphatic heterocycles. The van der Waals surface area contributed by atoms with E-state index < -0.39 is 14.6 Å². The van der Waals surface area contributed by atoms with Crippen molar-refractivity contribution in [3.8, 4) is 0 Å². The van der Waals surface area contributed by atoms with E-state index in [-0.39, 0.29) is 0 Å². The number of hydrogen-bond acceptors (Lipinski definition) is 4. The fraction of sp³-hybridized carbons (Fsp3) is 0.588. The van der Waals surface area contributed by atoms with Gasteiger partial charge < -0.3 is 15.4 Å². The van der Waals surface area contributed by atoms with Gasteiger partial charge in [0.15, 0.2) is 15.8 Å². The number of rotatable bonds is 6. The number of ether oxygens (including phenoxy) is 1. The lowest BCUT2D eigenvalue weighted by Crippen LogP contribution is -2.53. The van der Waals surface area contributed by atoms with Gasteiger partial charge in [-0.25, -0.2) is 8.42 Å². The first-order valence-corrected chi connectivity index (χ1v) is 10.1. The van der Waals surface area contributed by atoms with Crippen LogP contribution in [-0.2, 0) is 21.0 Å². The second-order valence-corrected chi connectivity index (χ2v) is 8.57. The summed E-state index contributed by atoms with van der Waals surface area (Å²) >= 11 is 0. The predicted octanol–water partition coefficient (Wildman–Crippen LogP) is 0.988. The molecule has 2 N–H and O–H groups in total. The molecule has 0 radical (unpaired) electrons. The van der Waals surface area contributed by atoms with Gasteiger partial charge in [-0.05, 0) is 24.8 Å². The number of nitrogens with zero attached hydrogens (tertiary/aromatic N) is 1. The maximum Gasteiger partial charge on any atom is 0.191 e. The van der Waals surface area contributed by atoms with Gasteiger partial charge >= 0.3 is 0 Å². The second kappa shape index (κ2) is 8.48. The van der Waals surface area contributed by atoms with E-state index in [1.54, 1.807) is 7.05 Å². The number of guanidine groups is 1. The van der Waals surface area contributed by atoms with Crippen molar-refractivity contribution in [3.63, 3.8) is 0 Å². The molecule has 1 aromatic rings. The van der Waals surface area contributed by atoms with E-state index in [2.05, 4.69) is 27.8 Å². The van der Waals surface area contributed by atoms with Crippen molar-refractivity contribution in [1.29, 1.82) is 0 Å². The average Bonchev–Trinajstić information content (AvgIpc) is 2.58. The molecule has 1 fully saturated rings. The minimum atomic E-state index is -3.18. The quantitative estimate of drug-likeness (QED) is 0.589. The Hall–Kier alpha value is -1.60. The van der Waals surface area contributed by atoms with Crippen LogP contribution in [0.2, 0.25) is 0 Å². The molecule has 0 unspecified atom stereocenters. The highest BCUT2D eigenvalue weighted by molar-refractivity contribution is 7.92. The zero-order valence-corrected chi connectivity index (χ0v) is 15.2. The second-order valence-electron chi connectivity index (χ2n) is 6.16. The highest BCUT2D eigenvalue weighted by atomic mass is 32.2. The average molecular weight is 353 g/mol. The van der Waals surface area contributed by atoms with Gasteiger partial charge in [-0.3, -0.25) is 4.99 Å². The molecular formula is C17H27N3O3S. The van der Waals surface area contributed by atoms with Crippen LogP contribution in [0.1, 0.15) is 18.4 Å². The van der Waals surface area contributed by atoms with Crippen LogP contribution < -0.4 is 10.6 Å². The fourth-order valence-electron chi connectivity index (χ4n) is 2.86. The van der Waals surface area contributed by atoms with Crippen molar-refractivity contribution in [2.75, 3.05) is 39.6 Å². The maximum absolute atomic E-state index is 12.3. The van der Waals surface area contributed by atoms with Gasteiger partial charge in [0.25, 0.3) is 0 Å². The number of hydrogen-bond donors (Lipinski definition) is 2. The third kappa shape index (κ3) is 4.95. The summed E-state index contributed by atoms with van der Waals surface area (Å²) in [6, 6.07) is 10.2. The molecule has 0 aromatic heterocycles. The van der Waals surface area contributed by atoms with E-state index in [0.29, 0.717) is 38.6 Å². The minimum absolute atomic E-state index is 0.347. The molecule has 1 saturated heterocycles. The SMILES string of the molecule is CN=C(NCCc1ccccc1)NCC1(S(C)(=O)=O)CCOCC1. The largest absolute Gasteiger partial charge is 0.381 e. The van der Waals surface area contributed by atoms with E-state index >= 15 is 0 Å². The molecule has 0 atom stereocenters. The predicted molar refractivity (Wildman–Crippen MR) is 97.1 cm³/mol. The summed E-state index contributed by atoms with van der Waals surface area (Å²) in [4.78, 5) is 4.19. The lowest BCUT2D eigenvalue weighted by molar-refractivity contribution is 0.0756. The van der Waals surface area contributed by atoms with Crippen LogP contribution in [0.15, 0.2) is 35.3 Å². The van der Waals surface area contributed by atoms with E-state index in [1.165, 1.54) is 11.8 Å². The van der Waals surface area contributed by atoms with Crippen LogP contribution >= 0.6 is 0 Å². The molecule has 0 amide bonds. The first kappa shape index (κ1) is 18.7. The summed E-state index contributed by atoms with van der Waals surface area (Å²) in [6.07, 6.45) is 3.22. The van der Waals surface area contributed by atoms with Crippen LogP contribution in [0.3, 0.4) is 0 Å². The van der Waals surface area contributed by atoms with Crippen LogP contribution in [-0.4, -0.2) is 58.7 Å². The molecule has 0 spiro atoms.